The van der Waals surface area contributed by atoms with Crippen LogP contribution in [0.5, 0.6) is 0 Å². The van der Waals surface area contributed by atoms with Crippen LogP contribution in [0.3, 0.4) is 0 Å². The number of anilines is 6. The molecular formula is C79H129N26O15P5S. The lowest BCUT2D eigenvalue weighted by molar-refractivity contribution is -0.0400. The molecule has 696 valence electrons. The van der Waals surface area contributed by atoms with Gasteiger partial charge in [-0.2, -0.15) is 0 Å². The van der Waals surface area contributed by atoms with Crippen molar-refractivity contribution >= 4 is 169 Å². The van der Waals surface area contributed by atoms with E-state index < -0.39 is 157 Å². The van der Waals surface area contributed by atoms with Crippen molar-refractivity contribution < 1.29 is 74.7 Å². The molecule has 10 aromatic rings. The molecule has 5 aliphatic rings. The van der Waals surface area contributed by atoms with E-state index in [9.17, 15) is 51.1 Å². The van der Waals surface area contributed by atoms with Gasteiger partial charge in [0.1, 0.15) is 103 Å². The Morgan fingerprint density at radius 1 is 0.381 bits per heavy atom. The van der Waals surface area contributed by atoms with Crippen molar-refractivity contribution in [1.29, 1.82) is 0 Å². The van der Waals surface area contributed by atoms with Crippen LogP contribution in [0.2, 0.25) is 0 Å². The first kappa shape index (κ1) is 99.4. The summed E-state index contributed by atoms with van der Waals surface area (Å²) in [4.78, 5) is 63.2. The summed E-state index contributed by atoms with van der Waals surface area (Å²) in [5, 5.41) is 111. The van der Waals surface area contributed by atoms with E-state index in [2.05, 4.69) is 190 Å². The molecule has 0 radical (unpaired) electrons. The maximum atomic E-state index is 10.8. The molecule has 15 heterocycles. The second kappa shape index (κ2) is 41.5. The maximum absolute atomic E-state index is 10.8. The molecule has 47 heteroatoms. The van der Waals surface area contributed by atoms with Crippen molar-refractivity contribution in [3.63, 3.8) is 0 Å². The first-order valence-electron chi connectivity index (χ1n) is 41.7. The smallest absolute Gasteiger partial charge is 0.204 e. The molecule has 10 aromatic heterocycles. The Morgan fingerprint density at radius 2 is 0.722 bits per heavy atom. The first-order valence-corrected chi connectivity index (χ1v) is 58.0. The Hall–Kier alpha value is -7.20. The minimum atomic E-state index is -1.25. The van der Waals surface area contributed by atoms with Gasteiger partial charge in [-0.25, -0.2) is 74.8 Å². The van der Waals surface area contributed by atoms with Gasteiger partial charge in [0.15, 0.2) is 110 Å². The largest absolute Gasteiger partial charge is 0.388 e. The minimum absolute atomic E-state index is 0.0964. The average Bonchev–Trinajstić information content (AvgIpc) is 1.61. The summed E-state index contributed by atoms with van der Waals surface area (Å²) < 4.78 is 38.0. The molecule has 0 unspecified atom stereocenters. The third-order valence-electron chi connectivity index (χ3n) is 22.0. The van der Waals surface area contributed by atoms with Gasteiger partial charge in [-0.15, -0.1) is 65.9 Å². The minimum Gasteiger partial charge on any atom is -0.388 e. The number of hydrogen-bond acceptors (Lipinski definition) is 37. The van der Waals surface area contributed by atoms with E-state index in [0.717, 1.165) is 55.8 Å². The standard InChI is InChI=1S/C19H32N5O3PS.C16H26N5O3P.2C15H24N5O3P.C14H23N6O3P/c1-5-6-7-10-29-19-23-13-16(20)21-11-22-17(13)24(19)18-15(26)14(25)12(27-18)8-9-28(2,3)4;1-5-17-14-11-15(19-8-18-14)21(9-20-11)16-13(23)12(22)10(24-16)6-7-25(2,3)4;1-16-13-10-14(18-7-17-13)20(8-19-10)15-12(22)11(21)9(23-15)5-6-24(2,3)4;1-8-18-13(16)10-14(19-8)20(7-17-10)15-12(22)11(21)9(23-15)5-6-24(2,3)4;1-24(2,3)5-4-7-9(21)10(22)13(23-7)20-12-8(19-14(20)16)11(15)17-6-18-12/h11-12,14-15,18,25-26H,2,5-10H2,1,3-4H3,(H2,20,21,22);8-10,12-13,16,22-23H,2,5-7H2,1,3-4H3,(H,17,18,19);7-9,11-12,15,21-22H,2,5-6H2,1,3-4H3,(H,16,17,18);7,9,11-12,15,21-22H,2,5-6H2,1,3-4H3,(H2,16,18,19);6-7,9-10,13,21-22H,1,4-5H2,2-3H3,(H2,16,19)(H2,15,17,18)/t12-,14-,15-,18-;10-,12-,13-,16-;2*9-,11-,12-,15-;7-,9-,10-,13-/m11111/s1. The van der Waals surface area contributed by atoms with Gasteiger partial charge in [0, 0.05) is 19.3 Å². The van der Waals surface area contributed by atoms with E-state index in [1.165, 1.54) is 36.2 Å². The molecule has 126 heavy (non-hydrogen) atoms. The lowest BCUT2D eigenvalue weighted by atomic mass is 10.1. The average molecular weight is 1870 g/mol. The number of aliphatic hydroxyl groups excluding tert-OH is 10. The van der Waals surface area contributed by atoms with Crippen LogP contribution in [0.15, 0.2) is 49.4 Å². The number of unbranched alkanes of at least 4 members (excludes halogenated alkanes) is 2. The van der Waals surface area contributed by atoms with Gasteiger partial charge in [0.05, 0.1) is 49.5 Å². The van der Waals surface area contributed by atoms with Crippen molar-refractivity contribution in [1.82, 2.24) is 97.6 Å². The second-order valence-electron chi connectivity index (χ2n) is 35.8. The first-order chi connectivity index (χ1) is 59.2. The highest BCUT2D eigenvalue weighted by Gasteiger charge is 2.50. The number of nitrogens with one attached hydrogen (secondary N) is 2. The summed E-state index contributed by atoms with van der Waals surface area (Å²) in [6, 6.07) is 0. The monoisotopic (exact) mass is 1870 g/mol. The number of fused-ring (bicyclic) bond motifs is 5. The fourth-order valence-corrected chi connectivity index (χ4v) is 20.9. The molecule has 20 N–H and O–H groups in total. The number of nitrogen functional groups attached to an aromatic ring is 4. The lowest BCUT2D eigenvalue weighted by Crippen LogP contribution is -2.32. The van der Waals surface area contributed by atoms with Crippen LogP contribution in [0, 0.1) is 6.92 Å². The third kappa shape index (κ3) is 23.8. The van der Waals surface area contributed by atoms with E-state index in [1.54, 1.807) is 56.7 Å². The van der Waals surface area contributed by atoms with Crippen LogP contribution in [-0.4, -0.2) is 389 Å². The van der Waals surface area contributed by atoms with Gasteiger partial charge in [0.25, 0.3) is 0 Å². The van der Waals surface area contributed by atoms with Gasteiger partial charge >= 0.3 is 0 Å². The fraction of sp³-hybridized carbons (Fsp3) is 0.620. The molecule has 20 atom stereocenters. The Labute approximate surface area is 737 Å². The number of nitrogens with zero attached hydrogens (tertiary/aromatic N) is 20. The Bertz CT molecular complexity index is 5620. The highest BCUT2D eigenvalue weighted by molar-refractivity contribution is 7.99. The SMILES string of the molecule is C=P(C)(C)CC[C@H]1O[C@@H](n2c(N)nc3c(N)ncnc32)[C@H](O)[C@@H]1O.C=P(C)(C)CC[C@H]1O[C@@H](n2c(SCCCCC)nc3c(N)ncnc32)[C@H](O)[C@@H]1O.C=P(C)(C)CC[C@H]1O[C@@H](n2cnc3c(N)nc(C)nc32)[C@H](O)[C@@H]1O.C=P(C)(C)CC[C@H]1O[C@@H](n2cnc3c(NC)ncnc32)[C@H](O)[C@@H]1O.C=P(C)(C)CC[C@H]1O[C@@H](n2cnc3c(NCC)ncnc32)[C@H](O)[C@@H]1O. The maximum Gasteiger partial charge on any atom is 0.204 e. The van der Waals surface area contributed by atoms with Crippen LogP contribution >= 0.6 is 46.2 Å². The van der Waals surface area contributed by atoms with Crippen molar-refractivity contribution in [2.45, 2.75) is 200 Å². The zero-order valence-electron chi connectivity index (χ0n) is 74.1. The van der Waals surface area contributed by atoms with E-state index >= 15 is 0 Å². The number of nitrogens with two attached hydrogens (primary N) is 4. The number of aromatic nitrogens is 20. The third-order valence-corrected chi connectivity index (χ3v) is 30.3. The normalized spacial score (nSPS) is 27.0. The van der Waals surface area contributed by atoms with E-state index in [1.807, 2.05) is 6.92 Å². The molecule has 5 aliphatic heterocycles. The van der Waals surface area contributed by atoms with Gasteiger partial charge in [-0.05, 0) is 150 Å². The van der Waals surface area contributed by atoms with E-state index in [4.69, 9.17) is 46.6 Å². The molecule has 0 aliphatic carbocycles. The summed E-state index contributed by atoms with van der Waals surface area (Å²) in [5.74, 6) is 3.50. The van der Waals surface area contributed by atoms with Crippen molar-refractivity contribution in [2.24, 2.45) is 0 Å². The predicted molar refractivity (Wildman–Crippen MR) is 509 cm³/mol. The summed E-state index contributed by atoms with van der Waals surface area (Å²) in [6.07, 6.45) is 25.8. The molecule has 0 saturated carbocycles. The molecule has 0 bridgehead atoms. The molecular weight excluding hydrogens is 1740 g/mol. The molecule has 15 rings (SSSR count). The quantitative estimate of drug-likeness (QED) is 0.0186. The zero-order valence-corrected chi connectivity index (χ0v) is 79.4. The predicted octanol–water partition coefficient (Wildman–Crippen LogP) is 4.12. The summed E-state index contributed by atoms with van der Waals surface area (Å²) in [6.45, 7) is 21.8. The van der Waals surface area contributed by atoms with Crippen LogP contribution in [0.1, 0.15) is 102 Å². The number of aryl methyl sites for hydroxylation is 1. The molecule has 5 saturated heterocycles. The highest BCUT2D eigenvalue weighted by atomic mass is 32.2. The Balaban J connectivity index is 0.000000153. The number of rotatable bonds is 28. The number of thioether (sulfide) groups is 1. The highest BCUT2D eigenvalue weighted by Crippen LogP contribution is 2.47. The fourth-order valence-electron chi connectivity index (χ4n) is 15.1. The Kier molecular flexibility index (Phi) is 32.7. The summed E-state index contributed by atoms with van der Waals surface area (Å²) in [7, 11) is 1.76. The molecule has 0 amide bonds. The molecule has 41 nitrogen and oxygen atoms in total. The molecule has 5 fully saturated rings. The van der Waals surface area contributed by atoms with Crippen molar-refractivity contribution in [3.8, 4) is 0 Å². The zero-order chi connectivity index (χ0) is 92.1. The number of ether oxygens (including phenoxy) is 5. The molecule has 0 aromatic carbocycles. The number of aliphatic hydroxyl groups is 10. The summed E-state index contributed by atoms with van der Waals surface area (Å²) in [5.41, 5.74) is 28.6. The summed E-state index contributed by atoms with van der Waals surface area (Å²) >= 11 is 1.58. The van der Waals surface area contributed by atoms with E-state index in [-0.39, 0.29) is 23.4 Å². The second-order valence-corrected chi connectivity index (χ2v) is 58.5. The van der Waals surface area contributed by atoms with E-state index in [0.29, 0.717) is 117 Å². The Morgan fingerprint density at radius 3 is 1.12 bits per heavy atom. The lowest BCUT2D eigenvalue weighted by Gasteiger charge is -2.19. The van der Waals surface area contributed by atoms with Crippen LogP contribution in [-0.2, 0) is 23.7 Å². The van der Waals surface area contributed by atoms with Crippen LogP contribution in [0.4, 0.5) is 35.0 Å². The number of imidazole rings is 5. The van der Waals surface area contributed by atoms with Crippen LogP contribution in [0.25, 0.3) is 55.8 Å². The van der Waals surface area contributed by atoms with Crippen molar-refractivity contribution in [2.75, 3.05) is 150 Å². The number of hydrogen-bond donors (Lipinski definition) is 16. The van der Waals surface area contributed by atoms with Gasteiger partial charge in [0.2, 0.25) is 5.95 Å². The van der Waals surface area contributed by atoms with Crippen molar-refractivity contribution in [3.05, 3.63) is 50.1 Å². The van der Waals surface area contributed by atoms with Gasteiger partial charge in [-0.3, -0.25) is 22.8 Å². The topological polar surface area (TPSA) is 595 Å². The molecule has 0 spiro atoms. The van der Waals surface area contributed by atoms with Crippen LogP contribution < -0.4 is 33.6 Å². The van der Waals surface area contributed by atoms with Gasteiger partial charge < -0.3 is 108 Å². The van der Waals surface area contributed by atoms with Gasteiger partial charge in [-0.1, -0.05) is 31.5 Å².